The number of hydrogen-bond acceptors (Lipinski definition) is 2. The molecule has 0 unspecified atom stereocenters. The first-order valence-electron chi connectivity index (χ1n) is 5.49. The summed E-state index contributed by atoms with van der Waals surface area (Å²) in [6.45, 7) is 0.371. The standard InChI is InChI=1S/C8H9NO2.C6H7N/c10-8(11)9-6-7-4-2-1-3-5-7;7-6-4-2-1-3-5-6/h1-5,9H,6H2,(H,10,11);1-5H,7H2. The Bertz CT molecular complexity index is 458. The van der Waals surface area contributed by atoms with Crippen molar-refractivity contribution < 1.29 is 9.90 Å². The van der Waals surface area contributed by atoms with Crippen molar-refractivity contribution in [2.75, 3.05) is 5.73 Å². The maximum atomic E-state index is 10.1. The van der Waals surface area contributed by atoms with Crippen molar-refractivity contribution in [3.05, 3.63) is 66.2 Å². The topological polar surface area (TPSA) is 75.4 Å². The molecule has 2 aromatic carbocycles. The van der Waals surface area contributed by atoms with Crippen LogP contribution in [0.25, 0.3) is 0 Å². The maximum Gasteiger partial charge on any atom is 0.404 e. The molecule has 0 aromatic heterocycles. The van der Waals surface area contributed by atoms with Gasteiger partial charge in [0.25, 0.3) is 0 Å². The predicted octanol–water partition coefficient (Wildman–Crippen LogP) is 2.72. The second-order valence-electron chi connectivity index (χ2n) is 3.55. The number of benzene rings is 2. The fourth-order valence-electron chi connectivity index (χ4n) is 1.23. The number of carbonyl (C=O) groups is 1. The van der Waals surface area contributed by atoms with Gasteiger partial charge in [0.15, 0.2) is 0 Å². The molecule has 0 spiro atoms. The van der Waals surface area contributed by atoms with Crippen LogP contribution in [-0.2, 0) is 6.54 Å². The molecule has 0 aliphatic heterocycles. The summed E-state index contributed by atoms with van der Waals surface area (Å²) in [5.74, 6) is 0. The van der Waals surface area contributed by atoms with Crippen LogP contribution in [0.3, 0.4) is 0 Å². The van der Waals surface area contributed by atoms with E-state index in [1.807, 2.05) is 60.7 Å². The van der Waals surface area contributed by atoms with Gasteiger partial charge in [0.2, 0.25) is 0 Å². The first-order chi connectivity index (χ1) is 8.68. The third-order valence-corrected chi connectivity index (χ3v) is 2.09. The monoisotopic (exact) mass is 244 g/mol. The summed E-state index contributed by atoms with van der Waals surface area (Å²) < 4.78 is 0. The number of carboxylic acid groups (broad SMARTS) is 1. The third kappa shape index (κ3) is 6.17. The largest absolute Gasteiger partial charge is 0.465 e. The minimum atomic E-state index is -0.992. The lowest BCUT2D eigenvalue weighted by molar-refractivity contribution is 0.194. The highest BCUT2D eigenvalue weighted by atomic mass is 16.4. The van der Waals surface area contributed by atoms with E-state index in [1.165, 1.54) is 0 Å². The average Bonchev–Trinajstić information content (AvgIpc) is 2.39. The van der Waals surface area contributed by atoms with Crippen molar-refractivity contribution in [2.24, 2.45) is 0 Å². The maximum absolute atomic E-state index is 10.1. The lowest BCUT2D eigenvalue weighted by Gasteiger charge is -1.98. The minimum absolute atomic E-state index is 0.371. The van der Waals surface area contributed by atoms with Crippen LogP contribution in [0.15, 0.2) is 60.7 Å². The van der Waals surface area contributed by atoms with Crippen LogP contribution in [0.5, 0.6) is 0 Å². The lowest BCUT2D eigenvalue weighted by Crippen LogP contribution is -2.19. The summed E-state index contributed by atoms with van der Waals surface area (Å²) in [6.07, 6.45) is -0.992. The number of nitrogen functional groups attached to an aromatic ring is 1. The molecule has 2 aromatic rings. The van der Waals surface area contributed by atoms with E-state index >= 15 is 0 Å². The SMILES string of the molecule is Nc1ccccc1.O=C(O)NCc1ccccc1. The van der Waals surface area contributed by atoms with Gasteiger partial charge in [0.1, 0.15) is 0 Å². The first-order valence-corrected chi connectivity index (χ1v) is 5.49. The Morgan fingerprint density at radius 3 is 1.89 bits per heavy atom. The molecule has 4 nitrogen and oxygen atoms in total. The molecule has 1 amide bonds. The zero-order chi connectivity index (χ0) is 13.2. The molecule has 0 saturated carbocycles. The van der Waals surface area contributed by atoms with Crippen LogP contribution in [-0.4, -0.2) is 11.2 Å². The Morgan fingerprint density at radius 2 is 1.50 bits per heavy atom. The number of amides is 1. The number of rotatable bonds is 2. The first kappa shape index (κ1) is 13.6. The number of hydrogen-bond donors (Lipinski definition) is 3. The molecule has 0 aliphatic carbocycles. The summed E-state index contributed by atoms with van der Waals surface area (Å²) in [4.78, 5) is 10.1. The highest BCUT2D eigenvalue weighted by Crippen LogP contribution is 1.96. The van der Waals surface area contributed by atoms with Crippen LogP contribution in [0.4, 0.5) is 10.5 Å². The van der Waals surface area contributed by atoms with Crippen LogP contribution in [0.2, 0.25) is 0 Å². The Hall–Kier alpha value is -2.49. The summed E-state index contributed by atoms with van der Waals surface area (Å²) in [5, 5.41) is 10.5. The van der Waals surface area contributed by atoms with Gasteiger partial charge >= 0.3 is 6.09 Å². The van der Waals surface area contributed by atoms with Gasteiger partial charge in [-0.3, -0.25) is 0 Å². The highest BCUT2D eigenvalue weighted by Gasteiger charge is 1.93. The van der Waals surface area contributed by atoms with Crippen molar-refractivity contribution in [3.63, 3.8) is 0 Å². The van der Waals surface area contributed by atoms with Gasteiger partial charge in [-0.15, -0.1) is 0 Å². The summed E-state index contributed by atoms with van der Waals surface area (Å²) in [7, 11) is 0. The molecule has 0 aliphatic rings. The number of nitrogens with one attached hydrogen (secondary N) is 1. The molecular weight excluding hydrogens is 228 g/mol. The molecule has 0 fully saturated rings. The lowest BCUT2D eigenvalue weighted by atomic mass is 10.2. The van der Waals surface area contributed by atoms with E-state index in [1.54, 1.807) is 0 Å². The smallest absolute Gasteiger partial charge is 0.404 e. The Kier molecular flexibility index (Phi) is 5.83. The van der Waals surface area contributed by atoms with Gasteiger partial charge in [-0.25, -0.2) is 4.79 Å². The van der Waals surface area contributed by atoms with Crippen LogP contribution in [0, 0.1) is 0 Å². The molecule has 18 heavy (non-hydrogen) atoms. The molecule has 0 atom stereocenters. The second-order valence-corrected chi connectivity index (χ2v) is 3.55. The van der Waals surface area contributed by atoms with Crippen molar-refractivity contribution >= 4 is 11.8 Å². The minimum Gasteiger partial charge on any atom is -0.465 e. The van der Waals surface area contributed by atoms with Crippen molar-refractivity contribution in [2.45, 2.75) is 6.54 Å². The fraction of sp³-hybridized carbons (Fsp3) is 0.0714. The van der Waals surface area contributed by atoms with Gasteiger partial charge in [-0.2, -0.15) is 0 Å². The molecule has 0 radical (unpaired) electrons. The average molecular weight is 244 g/mol. The summed E-state index contributed by atoms with van der Waals surface area (Å²) >= 11 is 0. The van der Waals surface area contributed by atoms with E-state index in [2.05, 4.69) is 5.32 Å². The zero-order valence-corrected chi connectivity index (χ0v) is 9.91. The van der Waals surface area contributed by atoms with Crippen molar-refractivity contribution in [3.8, 4) is 0 Å². The van der Waals surface area contributed by atoms with Crippen molar-refractivity contribution in [1.82, 2.24) is 5.32 Å². The summed E-state index contributed by atoms with van der Waals surface area (Å²) in [5.41, 5.74) is 7.15. The molecular formula is C14H16N2O2. The van der Waals surface area contributed by atoms with Gasteiger partial charge in [0.05, 0.1) is 0 Å². The van der Waals surface area contributed by atoms with Crippen LogP contribution < -0.4 is 11.1 Å². The highest BCUT2D eigenvalue weighted by molar-refractivity contribution is 5.64. The van der Waals surface area contributed by atoms with E-state index < -0.39 is 6.09 Å². The number of para-hydroxylation sites is 1. The number of anilines is 1. The molecule has 4 N–H and O–H groups in total. The Morgan fingerprint density at radius 1 is 1.00 bits per heavy atom. The number of nitrogens with two attached hydrogens (primary N) is 1. The second kappa shape index (κ2) is 7.73. The third-order valence-electron chi connectivity index (χ3n) is 2.09. The molecule has 0 heterocycles. The fourth-order valence-corrected chi connectivity index (χ4v) is 1.23. The molecule has 0 saturated heterocycles. The van der Waals surface area contributed by atoms with Gasteiger partial charge in [0, 0.05) is 12.2 Å². The normalized spacial score (nSPS) is 8.89. The summed E-state index contributed by atoms with van der Waals surface area (Å²) in [6, 6.07) is 18.9. The van der Waals surface area contributed by atoms with Crippen LogP contribution in [0.1, 0.15) is 5.56 Å². The molecule has 94 valence electrons. The van der Waals surface area contributed by atoms with Gasteiger partial charge in [-0.1, -0.05) is 48.5 Å². The predicted molar refractivity (Wildman–Crippen MR) is 72.2 cm³/mol. The quantitative estimate of drug-likeness (QED) is 0.711. The van der Waals surface area contributed by atoms with E-state index in [-0.39, 0.29) is 0 Å². The van der Waals surface area contributed by atoms with Crippen LogP contribution >= 0.6 is 0 Å². The Labute approximate surface area is 106 Å². The molecule has 0 bridgehead atoms. The zero-order valence-electron chi connectivity index (χ0n) is 9.91. The van der Waals surface area contributed by atoms with E-state index in [9.17, 15) is 4.79 Å². The molecule has 4 heteroatoms. The van der Waals surface area contributed by atoms with Gasteiger partial charge in [-0.05, 0) is 17.7 Å². The van der Waals surface area contributed by atoms with Gasteiger partial charge < -0.3 is 16.2 Å². The molecule has 2 rings (SSSR count). The Balaban J connectivity index is 0.000000199. The van der Waals surface area contributed by atoms with Crippen molar-refractivity contribution in [1.29, 1.82) is 0 Å². The van der Waals surface area contributed by atoms with E-state index in [0.717, 1.165) is 11.3 Å². The van der Waals surface area contributed by atoms with E-state index in [4.69, 9.17) is 10.8 Å². The van der Waals surface area contributed by atoms with E-state index in [0.29, 0.717) is 6.54 Å².